The highest BCUT2D eigenvalue weighted by molar-refractivity contribution is 7.93. The Morgan fingerprint density at radius 1 is 1.11 bits per heavy atom. The number of benzene rings is 2. The van der Waals surface area contributed by atoms with Crippen molar-refractivity contribution in [2.45, 2.75) is 35.4 Å². The van der Waals surface area contributed by atoms with Crippen LogP contribution in [-0.4, -0.2) is 71.4 Å². The van der Waals surface area contributed by atoms with E-state index in [4.69, 9.17) is 19.4 Å². The molecule has 0 radical (unpaired) electrons. The molecule has 1 amide bonds. The first-order chi connectivity index (χ1) is 17.4. The first-order valence-corrected chi connectivity index (χ1v) is 12.8. The van der Waals surface area contributed by atoms with Gasteiger partial charge < -0.3 is 14.2 Å². The van der Waals surface area contributed by atoms with Crippen molar-refractivity contribution in [1.29, 1.82) is 0 Å². The SMILES string of the molecule is COc1ccc(-c2nnnn2CCCOc2ccc(S(=O)(=O)C3(C(=O)NO)CCOCC3)cc2)cc1. The Balaban J connectivity index is 1.36. The van der Waals surface area contributed by atoms with E-state index in [1.807, 2.05) is 24.3 Å². The molecule has 2 heterocycles. The fourth-order valence-electron chi connectivity index (χ4n) is 4.07. The summed E-state index contributed by atoms with van der Waals surface area (Å²) in [5.41, 5.74) is 2.37. The zero-order valence-electron chi connectivity index (χ0n) is 19.7. The summed E-state index contributed by atoms with van der Waals surface area (Å²) in [5, 5.41) is 21.0. The Hall–Kier alpha value is -3.55. The van der Waals surface area contributed by atoms with E-state index in [1.165, 1.54) is 29.7 Å². The molecule has 3 aromatic rings. The van der Waals surface area contributed by atoms with Crippen molar-refractivity contribution in [3.8, 4) is 22.9 Å². The predicted octanol–water partition coefficient (Wildman–Crippen LogP) is 1.65. The number of nitrogens with zero attached hydrogens (tertiary/aromatic N) is 4. The molecule has 1 aliphatic rings. The van der Waals surface area contributed by atoms with Gasteiger partial charge in [0, 0.05) is 31.7 Å². The maximum atomic E-state index is 13.3. The van der Waals surface area contributed by atoms with Crippen LogP contribution in [0.15, 0.2) is 53.4 Å². The number of tetrazole rings is 1. The lowest BCUT2D eigenvalue weighted by atomic mass is 9.98. The molecule has 2 N–H and O–H groups in total. The van der Waals surface area contributed by atoms with Crippen LogP contribution in [0.5, 0.6) is 11.5 Å². The second-order valence-electron chi connectivity index (χ2n) is 8.18. The van der Waals surface area contributed by atoms with Crippen molar-refractivity contribution in [3.05, 3.63) is 48.5 Å². The van der Waals surface area contributed by atoms with Gasteiger partial charge in [0.15, 0.2) is 20.4 Å². The van der Waals surface area contributed by atoms with E-state index < -0.39 is 20.5 Å². The third kappa shape index (κ3) is 5.03. The first kappa shape index (κ1) is 25.5. The van der Waals surface area contributed by atoms with Crippen LogP contribution in [0.25, 0.3) is 11.4 Å². The molecule has 2 aromatic carbocycles. The Labute approximate surface area is 208 Å². The number of rotatable bonds is 10. The fourth-order valence-corrected chi connectivity index (χ4v) is 6.01. The fraction of sp³-hybridized carbons (Fsp3) is 0.391. The minimum atomic E-state index is -4.08. The summed E-state index contributed by atoms with van der Waals surface area (Å²) >= 11 is 0. The Morgan fingerprint density at radius 3 is 2.42 bits per heavy atom. The van der Waals surface area contributed by atoms with Crippen molar-refractivity contribution in [3.63, 3.8) is 0 Å². The number of hydroxylamine groups is 1. The minimum Gasteiger partial charge on any atom is -0.497 e. The maximum absolute atomic E-state index is 13.3. The molecule has 12 nitrogen and oxygen atoms in total. The van der Waals surface area contributed by atoms with E-state index in [-0.39, 0.29) is 31.0 Å². The molecule has 1 fully saturated rings. The molecule has 4 rings (SSSR count). The van der Waals surface area contributed by atoms with Gasteiger partial charge in [0.05, 0.1) is 18.6 Å². The largest absolute Gasteiger partial charge is 0.497 e. The highest BCUT2D eigenvalue weighted by Crippen LogP contribution is 2.35. The van der Waals surface area contributed by atoms with Gasteiger partial charge in [-0.25, -0.2) is 18.6 Å². The second-order valence-corrected chi connectivity index (χ2v) is 10.4. The van der Waals surface area contributed by atoms with E-state index in [9.17, 15) is 13.2 Å². The molecule has 1 aromatic heterocycles. The van der Waals surface area contributed by atoms with Gasteiger partial charge in [0.1, 0.15) is 11.5 Å². The monoisotopic (exact) mass is 517 g/mol. The van der Waals surface area contributed by atoms with Crippen molar-refractivity contribution in [2.75, 3.05) is 26.9 Å². The molecule has 36 heavy (non-hydrogen) atoms. The van der Waals surface area contributed by atoms with Gasteiger partial charge in [-0.3, -0.25) is 10.0 Å². The van der Waals surface area contributed by atoms with Crippen LogP contribution in [0.3, 0.4) is 0 Å². The van der Waals surface area contributed by atoms with Gasteiger partial charge >= 0.3 is 0 Å². The number of hydrogen-bond acceptors (Lipinski definition) is 10. The summed E-state index contributed by atoms with van der Waals surface area (Å²) in [7, 11) is -2.48. The topological polar surface area (TPSA) is 155 Å². The lowest BCUT2D eigenvalue weighted by Gasteiger charge is -2.34. The summed E-state index contributed by atoms with van der Waals surface area (Å²) in [6.07, 6.45) is 0.513. The van der Waals surface area contributed by atoms with Crippen LogP contribution in [0, 0.1) is 0 Å². The summed E-state index contributed by atoms with van der Waals surface area (Å²) in [5.74, 6) is 0.891. The molecular weight excluding hydrogens is 490 g/mol. The number of hydrogen-bond donors (Lipinski definition) is 2. The van der Waals surface area contributed by atoms with Gasteiger partial charge in [0.25, 0.3) is 5.91 Å². The second kappa shape index (κ2) is 11.0. The highest BCUT2D eigenvalue weighted by atomic mass is 32.2. The van der Waals surface area contributed by atoms with E-state index in [1.54, 1.807) is 11.8 Å². The third-order valence-electron chi connectivity index (χ3n) is 6.13. The van der Waals surface area contributed by atoms with Gasteiger partial charge in [-0.15, -0.1) is 5.10 Å². The molecular formula is C23H27N5O7S. The molecule has 13 heteroatoms. The van der Waals surface area contributed by atoms with Gasteiger partial charge in [-0.1, -0.05) is 0 Å². The Bertz CT molecular complexity index is 1270. The van der Waals surface area contributed by atoms with E-state index >= 15 is 0 Å². The van der Waals surface area contributed by atoms with Crippen LogP contribution in [-0.2, 0) is 25.9 Å². The normalized spacial score (nSPS) is 15.3. The first-order valence-electron chi connectivity index (χ1n) is 11.3. The zero-order chi connectivity index (χ0) is 25.6. The molecule has 1 aliphatic heterocycles. The highest BCUT2D eigenvalue weighted by Gasteiger charge is 2.52. The summed E-state index contributed by atoms with van der Waals surface area (Å²) in [6.45, 7) is 1.08. The molecule has 0 spiro atoms. The van der Waals surface area contributed by atoms with Crippen LogP contribution >= 0.6 is 0 Å². The molecule has 0 aliphatic carbocycles. The van der Waals surface area contributed by atoms with Crippen LogP contribution in [0.1, 0.15) is 19.3 Å². The standard InChI is InChI=1S/C23H27N5O7S/c1-33-18-5-3-17(4-6-18)21-24-26-27-28(21)13-2-14-35-19-7-9-20(10-8-19)36(31,32)23(22(29)25-30)11-15-34-16-12-23/h3-10,30H,2,11-16H2,1H3,(H,25,29). The minimum absolute atomic E-state index is 0.0295. The molecule has 0 atom stereocenters. The van der Waals surface area contributed by atoms with Crippen molar-refractivity contribution in [1.82, 2.24) is 25.7 Å². The lowest BCUT2D eigenvalue weighted by molar-refractivity contribution is -0.134. The molecule has 0 bridgehead atoms. The molecule has 192 valence electrons. The third-order valence-corrected chi connectivity index (χ3v) is 8.64. The van der Waals surface area contributed by atoms with E-state index in [0.717, 1.165) is 11.3 Å². The van der Waals surface area contributed by atoms with Crippen molar-refractivity contribution >= 4 is 15.7 Å². The van der Waals surface area contributed by atoms with E-state index in [0.29, 0.717) is 31.1 Å². The van der Waals surface area contributed by atoms with Gasteiger partial charge in [0.2, 0.25) is 0 Å². The Morgan fingerprint density at radius 2 is 1.78 bits per heavy atom. The summed E-state index contributed by atoms with van der Waals surface area (Å²) in [4.78, 5) is 12.3. The molecule has 0 saturated carbocycles. The zero-order valence-corrected chi connectivity index (χ0v) is 20.5. The number of aryl methyl sites for hydroxylation is 1. The van der Waals surface area contributed by atoms with Crippen molar-refractivity contribution < 1.29 is 32.6 Å². The van der Waals surface area contributed by atoms with Crippen LogP contribution in [0.4, 0.5) is 0 Å². The summed E-state index contributed by atoms with van der Waals surface area (Å²) in [6, 6.07) is 13.3. The average Bonchev–Trinajstić information content (AvgIpc) is 3.39. The number of amides is 1. The smallest absolute Gasteiger partial charge is 0.265 e. The number of carbonyl (C=O) groups is 1. The maximum Gasteiger partial charge on any atom is 0.265 e. The molecule has 0 unspecified atom stereocenters. The Kier molecular flexibility index (Phi) is 7.82. The predicted molar refractivity (Wildman–Crippen MR) is 126 cm³/mol. The van der Waals surface area contributed by atoms with Crippen LogP contribution < -0.4 is 15.0 Å². The van der Waals surface area contributed by atoms with Crippen molar-refractivity contribution in [2.24, 2.45) is 0 Å². The number of sulfone groups is 1. The number of carbonyl (C=O) groups excluding carboxylic acids is 1. The quantitative estimate of drug-likeness (QED) is 0.230. The number of nitrogens with one attached hydrogen (secondary N) is 1. The van der Waals surface area contributed by atoms with E-state index in [2.05, 4.69) is 15.5 Å². The van der Waals surface area contributed by atoms with Gasteiger partial charge in [-0.2, -0.15) is 0 Å². The summed E-state index contributed by atoms with van der Waals surface area (Å²) < 4.78 is 42.7. The lowest BCUT2D eigenvalue weighted by Crippen LogP contribution is -2.54. The van der Waals surface area contributed by atoms with Gasteiger partial charge in [-0.05, 0) is 71.8 Å². The number of ether oxygens (including phenoxy) is 3. The molecule has 1 saturated heterocycles. The number of aromatic nitrogens is 4. The number of methoxy groups -OCH3 is 1. The van der Waals surface area contributed by atoms with Crippen LogP contribution in [0.2, 0.25) is 0 Å². The average molecular weight is 518 g/mol.